The molecule has 3 heterocycles. The maximum Gasteiger partial charge on any atom is 0.393 e. The summed E-state index contributed by atoms with van der Waals surface area (Å²) in [5.41, 5.74) is 1.80. The van der Waals surface area contributed by atoms with Gasteiger partial charge >= 0.3 is 6.18 Å². The summed E-state index contributed by atoms with van der Waals surface area (Å²) in [6.45, 7) is 1.39. The van der Waals surface area contributed by atoms with E-state index in [-0.39, 0.29) is 28.0 Å². The number of hydrogen-bond donors (Lipinski definition) is 1. The smallest absolute Gasteiger partial charge is 0.393 e. The molecule has 1 aliphatic carbocycles. The Morgan fingerprint density at radius 2 is 1.86 bits per heavy atom. The molecule has 1 saturated carbocycles. The number of allylic oxidation sites excluding steroid dienone is 1. The second kappa shape index (κ2) is 14.5. The number of nitrogens with one attached hydrogen (secondary N) is 1. The summed E-state index contributed by atoms with van der Waals surface area (Å²) < 4.78 is 71.3. The fourth-order valence-corrected chi connectivity index (χ4v) is 6.02. The second-order valence-electron chi connectivity index (χ2n) is 12.8. The third-order valence-corrected chi connectivity index (χ3v) is 8.85. The monoisotopic (exact) mass is 677 g/mol. The van der Waals surface area contributed by atoms with Gasteiger partial charge in [-0.3, -0.25) is 4.79 Å². The lowest BCUT2D eigenvalue weighted by molar-refractivity contribution is -0.124. The Labute approximate surface area is 282 Å². The van der Waals surface area contributed by atoms with E-state index in [1.807, 2.05) is 0 Å². The van der Waals surface area contributed by atoms with Crippen LogP contribution in [0.5, 0.6) is 5.88 Å². The van der Waals surface area contributed by atoms with Crippen molar-refractivity contribution in [2.75, 3.05) is 33.9 Å². The highest BCUT2D eigenvalue weighted by Crippen LogP contribution is 2.41. The average Bonchev–Trinajstić information content (AvgIpc) is 3.80. The highest BCUT2D eigenvalue weighted by molar-refractivity contribution is 6.00. The normalized spacial score (nSPS) is 18.0. The first-order valence-corrected chi connectivity index (χ1v) is 16.4. The summed E-state index contributed by atoms with van der Waals surface area (Å²) in [6.07, 6.45) is 2.98. The van der Waals surface area contributed by atoms with Gasteiger partial charge in [-0.1, -0.05) is 42.5 Å². The third kappa shape index (κ3) is 8.37. The first-order valence-electron chi connectivity index (χ1n) is 16.4. The zero-order chi connectivity index (χ0) is 34.6. The van der Waals surface area contributed by atoms with Crippen molar-refractivity contribution in [2.45, 2.75) is 56.5 Å². The van der Waals surface area contributed by atoms with Crippen LogP contribution in [0.1, 0.15) is 61.4 Å². The molecule has 2 aliphatic rings. The van der Waals surface area contributed by atoms with E-state index < -0.39 is 24.8 Å². The maximum atomic E-state index is 15.4. The number of nitrogens with zero attached hydrogens (tertiary/aromatic N) is 4. The molecular weight excluding hydrogens is 638 g/mol. The lowest BCUT2D eigenvalue weighted by Gasteiger charge is -2.23. The molecule has 1 aliphatic heterocycles. The van der Waals surface area contributed by atoms with E-state index >= 15 is 4.39 Å². The number of amides is 1. The molecular formula is C37H39F4N5O3. The van der Waals surface area contributed by atoms with Crippen LogP contribution in [-0.4, -0.2) is 71.1 Å². The fraction of sp³-hybridized carbons (Fsp3) is 0.378. The van der Waals surface area contributed by atoms with Gasteiger partial charge in [0.25, 0.3) is 0 Å². The molecule has 1 saturated heterocycles. The van der Waals surface area contributed by atoms with Crippen LogP contribution >= 0.6 is 0 Å². The van der Waals surface area contributed by atoms with Crippen molar-refractivity contribution in [1.82, 2.24) is 25.0 Å². The van der Waals surface area contributed by atoms with Gasteiger partial charge in [-0.2, -0.15) is 17.6 Å². The molecule has 2 aromatic heterocycles. The Morgan fingerprint density at radius 1 is 1.08 bits per heavy atom. The zero-order valence-corrected chi connectivity index (χ0v) is 27.5. The molecule has 258 valence electrons. The molecule has 49 heavy (non-hydrogen) atoms. The maximum absolute atomic E-state index is 15.4. The molecule has 2 aromatic carbocycles. The average molecular weight is 678 g/mol. The third-order valence-electron chi connectivity index (χ3n) is 8.85. The standard InChI is InChI=1S/C37H39F4N5O3/c1-45(2)32(47)11-8-19-43-36(17-18-36)24-49-31-16-14-27(23-42-31)34(29(22-37(39,40)41)25-9-4-3-5-10-25)26-13-15-30-28(21-26)35(38)44-46(30)33-12-6-7-20-48-33/h3-5,8-11,13-16,21,23,33,43H,6-7,12,17-20,22,24H2,1-2H3/b11-8?,34-29-. The number of fused-ring (bicyclic) bond motifs is 1. The number of carbonyl (C=O) groups is 1. The lowest BCUT2D eigenvalue weighted by Crippen LogP contribution is -2.37. The summed E-state index contributed by atoms with van der Waals surface area (Å²) in [6, 6.07) is 16.6. The number of aromatic nitrogens is 3. The summed E-state index contributed by atoms with van der Waals surface area (Å²) in [4.78, 5) is 17.7. The summed E-state index contributed by atoms with van der Waals surface area (Å²) in [5.74, 6) is -0.492. The van der Waals surface area contributed by atoms with Crippen molar-refractivity contribution in [1.29, 1.82) is 0 Å². The molecule has 1 atom stereocenters. The summed E-state index contributed by atoms with van der Waals surface area (Å²) in [5, 5.41) is 7.73. The number of ether oxygens (including phenoxy) is 2. The quantitative estimate of drug-likeness (QED) is 0.0962. The van der Waals surface area contributed by atoms with Gasteiger partial charge in [-0.15, -0.1) is 5.10 Å². The van der Waals surface area contributed by atoms with Crippen LogP contribution in [0, 0.1) is 5.95 Å². The first kappa shape index (κ1) is 34.3. The van der Waals surface area contributed by atoms with Crippen molar-refractivity contribution in [3.63, 3.8) is 0 Å². The van der Waals surface area contributed by atoms with Gasteiger partial charge in [-0.05, 0) is 72.6 Å². The van der Waals surface area contributed by atoms with Gasteiger partial charge in [0.05, 0.1) is 22.9 Å². The Bertz CT molecular complexity index is 1820. The summed E-state index contributed by atoms with van der Waals surface area (Å²) in [7, 11) is 3.38. The van der Waals surface area contributed by atoms with Crippen LogP contribution in [0.2, 0.25) is 0 Å². The van der Waals surface area contributed by atoms with Crippen LogP contribution in [0.4, 0.5) is 17.6 Å². The number of alkyl halides is 3. The number of likely N-dealkylation sites (N-methyl/N-ethyl adjacent to an activating group) is 1. The van der Waals surface area contributed by atoms with E-state index in [0.29, 0.717) is 54.3 Å². The van der Waals surface area contributed by atoms with Gasteiger partial charge in [0.15, 0.2) is 6.23 Å². The number of halogens is 4. The molecule has 0 bridgehead atoms. The molecule has 6 rings (SSSR count). The highest BCUT2D eigenvalue weighted by atomic mass is 19.4. The Kier molecular flexibility index (Phi) is 10.2. The SMILES string of the molecule is CN(C)C(=O)C=CCNC1(COc2ccc(/C(=C(/CC(F)(F)F)c3ccccc3)c3ccc4c(c3)c(F)nn4C3CCCCO3)cn2)CC1. The minimum absolute atomic E-state index is 0.0354. The molecule has 2 fully saturated rings. The minimum atomic E-state index is -4.52. The van der Waals surface area contributed by atoms with Crippen molar-refractivity contribution in [3.8, 4) is 5.88 Å². The lowest BCUT2D eigenvalue weighted by atomic mass is 9.88. The molecule has 0 spiro atoms. The highest BCUT2D eigenvalue weighted by Gasteiger charge is 2.43. The molecule has 0 radical (unpaired) electrons. The molecule has 1 unspecified atom stereocenters. The Balaban J connectivity index is 1.32. The van der Waals surface area contributed by atoms with Gasteiger partial charge in [0.1, 0.15) is 6.61 Å². The van der Waals surface area contributed by atoms with Crippen molar-refractivity contribution < 1.29 is 31.8 Å². The topological polar surface area (TPSA) is 81.5 Å². The number of benzene rings is 2. The number of pyridine rings is 1. The minimum Gasteiger partial charge on any atom is -0.476 e. The van der Waals surface area contributed by atoms with Crippen LogP contribution < -0.4 is 10.1 Å². The predicted octanol–water partition coefficient (Wildman–Crippen LogP) is 7.33. The van der Waals surface area contributed by atoms with Gasteiger partial charge in [0.2, 0.25) is 17.7 Å². The molecule has 1 amide bonds. The van der Waals surface area contributed by atoms with Gasteiger partial charge in [0, 0.05) is 51.1 Å². The number of rotatable bonds is 12. The number of hydrogen-bond acceptors (Lipinski definition) is 6. The predicted molar refractivity (Wildman–Crippen MR) is 179 cm³/mol. The van der Waals surface area contributed by atoms with E-state index in [2.05, 4.69) is 15.4 Å². The largest absolute Gasteiger partial charge is 0.476 e. The van der Waals surface area contributed by atoms with Crippen LogP contribution in [-0.2, 0) is 9.53 Å². The van der Waals surface area contributed by atoms with Crippen LogP contribution in [0.3, 0.4) is 0 Å². The number of carbonyl (C=O) groups excluding carboxylic acids is 1. The van der Waals surface area contributed by atoms with Crippen LogP contribution in [0.15, 0.2) is 79.0 Å². The molecule has 8 nitrogen and oxygen atoms in total. The Hall–Kier alpha value is -4.55. The molecule has 12 heteroatoms. The van der Waals surface area contributed by atoms with E-state index in [1.165, 1.54) is 21.9 Å². The van der Waals surface area contributed by atoms with E-state index in [0.717, 1.165) is 25.7 Å². The molecule has 1 N–H and O–H groups in total. The Morgan fingerprint density at radius 3 is 2.51 bits per heavy atom. The zero-order valence-electron chi connectivity index (χ0n) is 27.5. The fourth-order valence-electron chi connectivity index (χ4n) is 6.02. The van der Waals surface area contributed by atoms with Gasteiger partial charge in [-0.25, -0.2) is 9.67 Å². The van der Waals surface area contributed by atoms with Crippen molar-refractivity contribution in [3.05, 3.63) is 102 Å². The molecule has 4 aromatic rings. The van der Waals surface area contributed by atoms with Crippen molar-refractivity contribution in [2.24, 2.45) is 0 Å². The van der Waals surface area contributed by atoms with E-state index in [1.54, 1.807) is 80.8 Å². The second-order valence-corrected chi connectivity index (χ2v) is 12.8. The van der Waals surface area contributed by atoms with E-state index in [9.17, 15) is 18.0 Å². The van der Waals surface area contributed by atoms with Crippen molar-refractivity contribution >= 4 is 28.0 Å². The summed E-state index contributed by atoms with van der Waals surface area (Å²) >= 11 is 0. The first-order chi connectivity index (χ1) is 23.5. The van der Waals surface area contributed by atoms with Crippen LogP contribution in [0.25, 0.3) is 22.0 Å². The van der Waals surface area contributed by atoms with Gasteiger partial charge < -0.3 is 19.7 Å². The van der Waals surface area contributed by atoms with E-state index in [4.69, 9.17) is 9.47 Å².